The topological polar surface area (TPSA) is 38.2 Å². The molecule has 1 aliphatic heterocycles. The van der Waals surface area contributed by atoms with Crippen molar-refractivity contribution in [2.75, 3.05) is 24.7 Å². The second-order valence-corrected chi connectivity index (χ2v) is 4.59. The first-order valence-corrected chi connectivity index (χ1v) is 5.88. The van der Waals surface area contributed by atoms with Crippen LogP contribution in [0.15, 0.2) is 16.9 Å². The third-order valence-corrected chi connectivity index (χ3v) is 2.85. The van der Waals surface area contributed by atoms with E-state index in [-0.39, 0.29) is 0 Å². The molecule has 1 saturated heterocycles. The monoisotopic (exact) mass is 271 g/mol. The molecule has 5 heteroatoms. The summed E-state index contributed by atoms with van der Waals surface area (Å²) in [5, 5.41) is 0. The standard InChI is InChI=1S/C10H14BrN3O/c1-8-7-15-4-2-3-14(8)10-12-5-9(11)6-13-10/h5-6,8H,2-4,7H2,1H3. The quantitative estimate of drug-likeness (QED) is 0.782. The molecule has 1 atom stereocenters. The summed E-state index contributed by atoms with van der Waals surface area (Å²) < 4.78 is 6.38. The Hall–Kier alpha value is -0.680. The fraction of sp³-hybridized carbons (Fsp3) is 0.600. The zero-order valence-electron chi connectivity index (χ0n) is 8.69. The number of halogens is 1. The van der Waals surface area contributed by atoms with E-state index in [4.69, 9.17) is 4.74 Å². The van der Waals surface area contributed by atoms with Gasteiger partial charge in [-0.2, -0.15) is 0 Å². The minimum absolute atomic E-state index is 0.341. The normalized spacial score (nSPS) is 22.5. The van der Waals surface area contributed by atoms with E-state index < -0.39 is 0 Å². The largest absolute Gasteiger partial charge is 0.379 e. The van der Waals surface area contributed by atoms with Crippen molar-refractivity contribution in [3.8, 4) is 0 Å². The molecule has 1 unspecified atom stereocenters. The first-order chi connectivity index (χ1) is 7.27. The maximum Gasteiger partial charge on any atom is 0.225 e. The number of hydrogen-bond donors (Lipinski definition) is 0. The molecule has 0 radical (unpaired) electrons. The summed E-state index contributed by atoms with van der Waals surface area (Å²) in [4.78, 5) is 10.8. The highest BCUT2D eigenvalue weighted by Crippen LogP contribution is 2.16. The van der Waals surface area contributed by atoms with E-state index in [2.05, 4.69) is 37.7 Å². The van der Waals surface area contributed by atoms with Gasteiger partial charge >= 0.3 is 0 Å². The second kappa shape index (κ2) is 4.90. The zero-order valence-corrected chi connectivity index (χ0v) is 10.3. The summed E-state index contributed by atoms with van der Waals surface area (Å²) >= 11 is 3.33. The van der Waals surface area contributed by atoms with E-state index in [9.17, 15) is 0 Å². The van der Waals surface area contributed by atoms with Gasteiger partial charge in [-0.3, -0.25) is 0 Å². The Morgan fingerprint density at radius 3 is 2.93 bits per heavy atom. The molecular formula is C10H14BrN3O. The Kier molecular flexibility index (Phi) is 3.53. The summed E-state index contributed by atoms with van der Waals surface area (Å²) in [5.41, 5.74) is 0. The maximum atomic E-state index is 5.48. The van der Waals surface area contributed by atoms with Crippen molar-refractivity contribution in [3.63, 3.8) is 0 Å². The van der Waals surface area contributed by atoms with Crippen molar-refractivity contribution in [1.82, 2.24) is 9.97 Å². The summed E-state index contributed by atoms with van der Waals surface area (Å²) in [6.07, 6.45) is 4.59. The van der Waals surface area contributed by atoms with Crippen LogP contribution in [0.25, 0.3) is 0 Å². The van der Waals surface area contributed by atoms with Gasteiger partial charge < -0.3 is 9.64 Å². The number of ether oxygens (including phenoxy) is 1. The maximum absolute atomic E-state index is 5.48. The molecule has 2 rings (SSSR count). The zero-order chi connectivity index (χ0) is 10.7. The Bertz CT molecular complexity index is 317. The molecule has 0 aromatic carbocycles. The van der Waals surface area contributed by atoms with Crippen LogP contribution in [0.3, 0.4) is 0 Å². The van der Waals surface area contributed by atoms with Gasteiger partial charge in [-0.05, 0) is 29.3 Å². The summed E-state index contributed by atoms with van der Waals surface area (Å²) in [5.74, 6) is 0.788. The van der Waals surface area contributed by atoms with Crippen LogP contribution in [-0.2, 0) is 4.74 Å². The van der Waals surface area contributed by atoms with Gasteiger partial charge in [-0.1, -0.05) is 0 Å². The van der Waals surface area contributed by atoms with E-state index in [1.807, 2.05) is 0 Å². The molecule has 2 heterocycles. The fourth-order valence-electron chi connectivity index (χ4n) is 1.65. The molecule has 1 aliphatic rings. The van der Waals surface area contributed by atoms with Gasteiger partial charge in [0.25, 0.3) is 0 Å². The average molecular weight is 272 g/mol. The minimum Gasteiger partial charge on any atom is -0.379 e. The molecule has 82 valence electrons. The molecule has 4 nitrogen and oxygen atoms in total. The van der Waals surface area contributed by atoms with E-state index in [0.717, 1.165) is 36.6 Å². The molecule has 1 aromatic heterocycles. The third-order valence-electron chi connectivity index (χ3n) is 2.44. The molecule has 1 aromatic rings. The SMILES string of the molecule is CC1COCCCN1c1ncc(Br)cn1. The van der Waals surface area contributed by atoms with E-state index in [0.29, 0.717) is 6.04 Å². The summed E-state index contributed by atoms with van der Waals surface area (Å²) in [6, 6.07) is 0.341. The Morgan fingerprint density at radius 1 is 1.47 bits per heavy atom. The molecule has 0 N–H and O–H groups in total. The van der Waals surface area contributed by atoms with Gasteiger partial charge in [0, 0.05) is 25.5 Å². The van der Waals surface area contributed by atoms with E-state index >= 15 is 0 Å². The van der Waals surface area contributed by atoms with Crippen LogP contribution in [0.2, 0.25) is 0 Å². The lowest BCUT2D eigenvalue weighted by Gasteiger charge is -2.25. The molecule has 15 heavy (non-hydrogen) atoms. The van der Waals surface area contributed by atoms with Gasteiger partial charge in [0.05, 0.1) is 17.1 Å². The second-order valence-electron chi connectivity index (χ2n) is 3.67. The predicted octanol–water partition coefficient (Wildman–Crippen LogP) is 1.85. The van der Waals surface area contributed by atoms with Crippen molar-refractivity contribution in [1.29, 1.82) is 0 Å². The molecule has 0 bridgehead atoms. The smallest absolute Gasteiger partial charge is 0.225 e. The molecule has 0 amide bonds. The van der Waals surface area contributed by atoms with Gasteiger partial charge in [0.1, 0.15) is 0 Å². The Morgan fingerprint density at radius 2 is 2.20 bits per heavy atom. The van der Waals surface area contributed by atoms with Crippen molar-refractivity contribution < 1.29 is 4.74 Å². The number of nitrogens with zero attached hydrogens (tertiary/aromatic N) is 3. The highest BCUT2D eigenvalue weighted by atomic mass is 79.9. The van der Waals surface area contributed by atoms with Crippen molar-refractivity contribution in [2.24, 2.45) is 0 Å². The van der Waals surface area contributed by atoms with Crippen molar-refractivity contribution in [2.45, 2.75) is 19.4 Å². The number of rotatable bonds is 1. The first kappa shape index (κ1) is 10.8. The van der Waals surface area contributed by atoms with Crippen molar-refractivity contribution >= 4 is 21.9 Å². The van der Waals surface area contributed by atoms with Crippen LogP contribution in [0.4, 0.5) is 5.95 Å². The lowest BCUT2D eigenvalue weighted by Crippen LogP contribution is -2.36. The lowest BCUT2D eigenvalue weighted by molar-refractivity contribution is 0.137. The molecule has 0 saturated carbocycles. The van der Waals surface area contributed by atoms with Gasteiger partial charge in [0.15, 0.2) is 0 Å². The number of hydrogen-bond acceptors (Lipinski definition) is 4. The lowest BCUT2D eigenvalue weighted by atomic mass is 10.3. The Balaban J connectivity index is 2.16. The highest BCUT2D eigenvalue weighted by molar-refractivity contribution is 9.10. The third kappa shape index (κ3) is 2.66. The minimum atomic E-state index is 0.341. The number of aromatic nitrogens is 2. The predicted molar refractivity (Wildman–Crippen MR) is 62.0 cm³/mol. The van der Waals surface area contributed by atoms with Crippen LogP contribution in [0.1, 0.15) is 13.3 Å². The van der Waals surface area contributed by atoms with Crippen LogP contribution < -0.4 is 4.90 Å². The highest BCUT2D eigenvalue weighted by Gasteiger charge is 2.19. The molecule has 0 spiro atoms. The Labute approximate surface area is 97.8 Å². The van der Waals surface area contributed by atoms with Gasteiger partial charge in [0.2, 0.25) is 5.95 Å². The average Bonchev–Trinajstić information content (AvgIpc) is 2.44. The van der Waals surface area contributed by atoms with Crippen molar-refractivity contribution in [3.05, 3.63) is 16.9 Å². The molecule has 1 fully saturated rings. The van der Waals surface area contributed by atoms with Gasteiger partial charge in [-0.25, -0.2) is 9.97 Å². The summed E-state index contributed by atoms with van der Waals surface area (Å²) in [6.45, 7) is 4.68. The molecular weight excluding hydrogens is 258 g/mol. The number of anilines is 1. The molecule has 0 aliphatic carbocycles. The van der Waals surface area contributed by atoms with Crippen LogP contribution in [0.5, 0.6) is 0 Å². The van der Waals surface area contributed by atoms with E-state index in [1.54, 1.807) is 12.4 Å². The van der Waals surface area contributed by atoms with Crippen LogP contribution in [0, 0.1) is 0 Å². The van der Waals surface area contributed by atoms with Crippen LogP contribution >= 0.6 is 15.9 Å². The van der Waals surface area contributed by atoms with Gasteiger partial charge in [-0.15, -0.1) is 0 Å². The first-order valence-electron chi connectivity index (χ1n) is 5.09. The van der Waals surface area contributed by atoms with Crippen LogP contribution in [-0.4, -0.2) is 35.8 Å². The van der Waals surface area contributed by atoms with E-state index in [1.165, 1.54) is 0 Å². The fourth-order valence-corrected chi connectivity index (χ4v) is 1.86. The summed E-state index contributed by atoms with van der Waals surface area (Å²) in [7, 11) is 0.